The number of halogens is 1. The molecule has 4 heteroatoms. The third-order valence-electron chi connectivity index (χ3n) is 2.88. The lowest BCUT2D eigenvalue weighted by Gasteiger charge is -2.33. The van der Waals surface area contributed by atoms with E-state index in [9.17, 15) is 0 Å². The summed E-state index contributed by atoms with van der Waals surface area (Å²) in [5.41, 5.74) is 0. The zero-order valence-corrected chi connectivity index (χ0v) is 10.0. The molecule has 0 radical (unpaired) electrons. The third kappa shape index (κ3) is 2.92. The molecule has 3 nitrogen and oxygen atoms in total. The van der Waals surface area contributed by atoms with Crippen molar-refractivity contribution in [1.82, 2.24) is 4.90 Å². The highest BCUT2D eigenvalue weighted by Crippen LogP contribution is 2.15. The van der Waals surface area contributed by atoms with Gasteiger partial charge < -0.3 is 9.47 Å². The van der Waals surface area contributed by atoms with Gasteiger partial charge in [-0.3, -0.25) is 4.90 Å². The van der Waals surface area contributed by atoms with Crippen molar-refractivity contribution in [2.75, 3.05) is 38.2 Å². The van der Waals surface area contributed by atoms with Gasteiger partial charge in [-0.15, -0.1) is 0 Å². The molecular formula is C10H18BrNO2. The molecule has 2 unspecified atom stereocenters. The van der Waals surface area contributed by atoms with Gasteiger partial charge in [0.1, 0.15) is 0 Å². The van der Waals surface area contributed by atoms with Crippen LogP contribution in [-0.4, -0.2) is 55.3 Å². The molecule has 0 aromatic heterocycles. The maximum absolute atomic E-state index is 5.63. The van der Waals surface area contributed by atoms with E-state index in [0.717, 1.165) is 38.2 Å². The van der Waals surface area contributed by atoms with Gasteiger partial charge in [-0.2, -0.15) is 0 Å². The summed E-state index contributed by atoms with van der Waals surface area (Å²) < 4.78 is 11.2. The van der Waals surface area contributed by atoms with Gasteiger partial charge in [0.05, 0.1) is 18.8 Å². The first kappa shape index (κ1) is 10.9. The number of hydrogen-bond acceptors (Lipinski definition) is 3. The van der Waals surface area contributed by atoms with Crippen molar-refractivity contribution < 1.29 is 9.47 Å². The third-order valence-corrected chi connectivity index (χ3v) is 3.60. The molecule has 2 atom stereocenters. The van der Waals surface area contributed by atoms with E-state index in [-0.39, 0.29) is 0 Å². The Morgan fingerprint density at radius 3 is 2.79 bits per heavy atom. The van der Waals surface area contributed by atoms with E-state index in [4.69, 9.17) is 9.47 Å². The minimum atomic E-state index is 0.366. The molecule has 82 valence electrons. The van der Waals surface area contributed by atoms with Crippen molar-refractivity contribution in [3.8, 4) is 0 Å². The molecule has 0 saturated carbocycles. The van der Waals surface area contributed by atoms with E-state index in [1.54, 1.807) is 0 Å². The molecule has 2 heterocycles. The fourth-order valence-corrected chi connectivity index (χ4v) is 2.51. The van der Waals surface area contributed by atoms with E-state index in [2.05, 4.69) is 20.8 Å². The van der Waals surface area contributed by atoms with Gasteiger partial charge in [0.15, 0.2) is 0 Å². The molecule has 0 aliphatic carbocycles. The molecule has 0 amide bonds. The van der Waals surface area contributed by atoms with Gasteiger partial charge in [0.2, 0.25) is 0 Å². The second-order valence-corrected chi connectivity index (χ2v) is 4.69. The van der Waals surface area contributed by atoms with Crippen LogP contribution in [0.15, 0.2) is 0 Å². The zero-order chi connectivity index (χ0) is 9.80. The molecule has 0 spiro atoms. The predicted molar refractivity (Wildman–Crippen MR) is 58.9 cm³/mol. The van der Waals surface area contributed by atoms with Crippen LogP contribution in [0.2, 0.25) is 0 Å². The SMILES string of the molecule is BrCC1CN(CC2CCCO2)CCO1. The maximum atomic E-state index is 5.63. The largest absolute Gasteiger partial charge is 0.377 e. The highest BCUT2D eigenvalue weighted by molar-refractivity contribution is 9.09. The van der Waals surface area contributed by atoms with Crippen LogP contribution in [0.5, 0.6) is 0 Å². The van der Waals surface area contributed by atoms with E-state index in [1.165, 1.54) is 12.8 Å². The second kappa shape index (κ2) is 5.45. The lowest BCUT2D eigenvalue weighted by atomic mass is 10.2. The molecule has 2 rings (SSSR count). The maximum Gasteiger partial charge on any atom is 0.0799 e. The van der Waals surface area contributed by atoms with E-state index in [1.807, 2.05) is 0 Å². The Kier molecular flexibility index (Phi) is 4.23. The molecule has 2 saturated heterocycles. The highest BCUT2D eigenvalue weighted by Gasteiger charge is 2.24. The lowest BCUT2D eigenvalue weighted by Crippen LogP contribution is -2.46. The number of alkyl halides is 1. The van der Waals surface area contributed by atoms with Gasteiger partial charge >= 0.3 is 0 Å². The normalized spacial score (nSPS) is 34.9. The summed E-state index contributed by atoms with van der Waals surface area (Å²) in [6.45, 7) is 5.02. The smallest absolute Gasteiger partial charge is 0.0799 e. The number of nitrogens with zero attached hydrogens (tertiary/aromatic N) is 1. The standard InChI is InChI=1S/C10H18BrNO2/c11-6-10-8-12(3-5-14-10)7-9-2-1-4-13-9/h9-10H,1-8H2. The van der Waals surface area contributed by atoms with E-state index < -0.39 is 0 Å². The summed E-state index contributed by atoms with van der Waals surface area (Å²) in [5, 5.41) is 0.940. The Hall–Kier alpha value is 0.360. The van der Waals surface area contributed by atoms with Crippen molar-refractivity contribution >= 4 is 15.9 Å². The average Bonchev–Trinajstić information content (AvgIpc) is 2.71. The molecule has 0 N–H and O–H groups in total. The van der Waals surface area contributed by atoms with Gasteiger partial charge in [-0.05, 0) is 12.8 Å². The second-order valence-electron chi connectivity index (χ2n) is 4.04. The van der Waals surface area contributed by atoms with Gasteiger partial charge in [0.25, 0.3) is 0 Å². The fourth-order valence-electron chi connectivity index (χ4n) is 2.12. The number of rotatable bonds is 3. The monoisotopic (exact) mass is 263 g/mol. The predicted octanol–water partition coefficient (Wildman–Crippen LogP) is 1.26. The summed E-state index contributed by atoms with van der Waals surface area (Å²) in [6.07, 6.45) is 3.31. The Morgan fingerprint density at radius 2 is 2.07 bits per heavy atom. The molecule has 2 fully saturated rings. The van der Waals surface area contributed by atoms with Gasteiger partial charge in [-0.25, -0.2) is 0 Å². The van der Waals surface area contributed by atoms with Crippen LogP contribution in [0.3, 0.4) is 0 Å². The number of hydrogen-bond donors (Lipinski definition) is 0. The van der Waals surface area contributed by atoms with Crippen LogP contribution < -0.4 is 0 Å². The van der Waals surface area contributed by atoms with E-state index in [0.29, 0.717) is 12.2 Å². The summed E-state index contributed by atoms with van der Waals surface area (Å²) in [6, 6.07) is 0. The van der Waals surface area contributed by atoms with Gasteiger partial charge in [-0.1, -0.05) is 15.9 Å². The minimum absolute atomic E-state index is 0.366. The first-order valence-corrected chi connectivity index (χ1v) is 6.52. The van der Waals surface area contributed by atoms with Crippen molar-refractivity contribution in [3.63, 3.8) is 0 Å². The van der Waals surface area contributed by atoms with Crippen molar-refractivity contribution in [3.05, 3.63) is 0 Å². The number of morpholine rings is 1. The first-order chi connectivity index (χ1) is 6.88. The summed E-state index contributed by atoms with van der Waals surface area (Å²) in [5.74, 6) is 0. The van der Waals surface area contributed by atoms with Crippen LogP contribution in [0.1, 0.15) is 12.8 Å². The minimum Gasteiger partial charge on any atom is -0.377 e. The lowest BCUT2D eigenvalue weighted by molar-refractivity contribution is -0.0320. The molecular weight excluding hydrogens is 246 g/mol. The molecule has 0 aromatic carbocycles. The molecule has 0 aromatic rings. The highest BCUT2D eigenvalue weighted by atomic mass is 79.9. The van der Waals surface area contributed by atoms with Crippen molar-refractivity contribution in [1.29, 1.82) is 0 Å². The van der Waals surface area contributed by atoms with Crippen LogP contribution in [0, 0.1) is 0 Å². The Morgan fingerprint density at radius 1 is 1.21 bits per heavy atom. The molecule has 14 heavy (non-hydrogen) atoms. The Balaban J connectivity index is 1.73. The Bertz CT molecular complexity index is 174. The topological polar surface area (TPSA) is 21.7 Å². The average molecular weight is 264 g/mol. The fraction of sp³-hybridized carbons (Fsp3) is 1.00. The van der Waals surface area contributed by atoms with Gasteiger partial charge in [0, 0.05) is 31.6 Å². The van der Waals surface area contributed by atoms with Crippen LogP contribution in [0.25, 0.3) is 0 Å². The number of ether oxygens (including phenoxy) is 2. The first-order valence-electron chi connectivity index (χ1n) is 5.40. The zero-order valence-electron chi connectivity index (χ0n) is 8.45. The Labute approximate surface area is 93.9 Å². The van der Waals surface area contributed by atoms with Crippen LogP contribution in [-0.2, 0) is 9.47 Å². The van der Waals surface area contributed by atoms with Crippen LogP contribution >= 0.6 is 15.9 Å². The van der Waals surface area contributed by atoms with Crippen molar-refractivity contribution in [2.45, 2.75) is 25.0 Å². The van der Waals surface area contributed by atoms with Crippen molar-refractivity contribution in [2.24, 2.45) is 0 Å². The molecule has 0 bridgehead atoms. The van der Waals surface area contributed by atoms with Crippen LogP contribution in [0.4, 0.5) is 0 Å². The van der Waals surface area contributed by atoms with E-state index >= 15 is 0 Å². The molecule has 2 aliphatic rings. The summed E-state index contributed by atoms with van der Waals surface area (Å²) in [4.78, 5) is 2.46. The molecule has 2 aliphatic heterocycles. The summed E-state index contributed by atoms with van der Waals surface area (Å²) >= 11 is 3.47. The quantitative estimate of drug-likeness (QED) is 0.716. The summed E-state index contributed by atoms with van der Waals surface area (Å²) in [7, 11) is 0.